The van der Waals surface area contributed by atoms with Crippen LogP contribution in [-0.2, 0) is 9.53 Å². The summed E-state index contributed by atoms with van der Waals surface area (Å²) >= 11 is 0. The summed E-state index contributed by atoms with van der Waals surface area (Å²) < 4.78 is 65.1. The summed E-state index contributed by atoms with van der Waals surface area (Å²) in [6.07, 6.45) is -5.67. The van der Waals surface area contributed by atoms with Crippen molar-refractivity contribution in [2.24, 2.45) is 0 Å². The highest BCUT2D eigenvalue weighted by Gasteiger charge is 2.64. The molecule has 1 amide bonds. The summed E-state index contributed by atoms with van der Waals surface area (Å²) in [6, 6.07) is 0. The van der Waals surface area contributed by atoms with Crippen LogP contribution in [0.3, 0.4) is 0 Å². The first-order chi connectivity index (χ1) is 7.14. The molecule has 0 saturated heterocycles. The van der Waals surface area contributed by atoms with Gasteiger partial charge in [0.25, 0.3) is 0 Å². The Bertz CT molecular complexity index is 241. The van der Waals surface area contributed by atoms with Crippen LogP contribution in [0, 0.1) is 0 Å². The zero-order chi connectivity index (χ0) is 13.0. The minimum absolute atomic E-state index is 0.176. The van der Waals surface area contributed by atoms with Gasteiger partial charge in [0.05, 0.1) is 0 Å². The first-order valence-corrected chi connectivity index (χ1v) is 4.33. The maximum atomic E-state index is 12.5. The summed E-state index contributed by atoms with van der Waals surface area (Å²) in [7, 11) is 2.24. The number of methoxy groups -OCH3 is 1. The molecule has 0 heterocycles. The standard InChI is InChI=1S/C8H12F5NO2/c1-14(4-3-5-16-2)6(15)7(9,10)8(11,12)13/h3-5H2,1-2H3. The number of alkyl halides is 5. The fourth-order valence-corrected chi connectivity index (χ4v) is 0.909. The van der Waals surface area contributed by atoms with Gasteiger partial charge in [-0.05, 0) is 6.42 Å². The molecule has 16 heavy (non-hydrogen) atoms. The smallest absolute Gasteiger partial charge is 0.385 e. The molecule has 0 aromatic rings. The molecule has 0 aromatic heterocycles. The first kappa shape index (κ1) is 15.1. The zero-order valence-corrected chi connectivity index (χ0v) is 8.77. The fraction of sp³-hybridized carbons (Fsp3) is 0.875. The van der Waals surface area contributed by atoms with Crippen LogP contribution in [-0.4, -0.2) is 50.2 Å². The molecule has 0 aliphatic heterocycles. The van der Waals surface area contributed by atoms with E-state index >= 15 is 0 Å². The van der Waals surface area contributed by atoms with Crippen molar-refractivity contribution in [1.82, 2.24) is 4.90 Å². The van der Waals surface area contributed by atoms with Gasteiger partial charge in [0.2, 0.25) is 0 Å². The molecule has 0 fully saturated rings. The number of rotatable bonds is 5. The first-order valence-electron chi connectivity index (χ1n) is 4.33. The number of ether oxygens (including phenoxy) is 1. The van der Waals surface area contributed by atoms with Gasteiger partial charge < -0.3 is 9.64 Å². The summed E-state index contributed by atoms with van der Waals surface area (Å²) in [6.45, 7) is -0.0481. The van der Waals surface area contributed by atoms with Crippen LogP contribution in [0.25, 0.3) is 0 Å². The average molecular weight is 249 g/mol. The molecular formula is C8H12F5NO2. The molecule has 96 valence electrons. The van der Waals surface area contributed by atoms with Crippen LogP contribution in [0.15, 0.2) is 0 Å². The number of halogens is 5. The lowest BCUT2D eigenvalue weighted by atomic mass is 10.2. The second-order valence-electron chi connectivity index (χ2n) is 3.15. The second-order valence-corrected chi connectivity index (χ2v) is 3.15. The zero-order valence-electron chi connectivity index (χ0n) is 8.77. The van der Waals surface area contributed by atoms with Crippen LogP contribution in [0.5, 0.6) is 0 Å². The van der Waals surface area contributed by atoms with Gasteiger partial charge in [-0.2, -0.15) is 22.0 Å². The van der Waals surface area contributed by atoms with E-state index in [1.165, 1.54) is 7.11 Å². The molecule has 0 atom stereocenters. The van der Waals surface area contributed by atoms with E-state index in [0.29, 0.717) is 4.90 Å². The molecule has 3 nitrogen and oxygen atoms in total. The van der Waals surface area contributed by atoms with E-state index in [4.69, 9.17) is 0 Å². The van der Waals surface area contributed by atoms with E-state index in [2.05, 4.69) is 4.74 Å². The molecule has 0 bridgehead atoms. The molecule has 0 aromatic carbocycles. The van der Waals surface area contributed by atoms with Gasteiger partial charge in [-0.25, -0.2) is 0 Å². The number of carbonyl (C=O) groups excluding carboxylic acids is 1. The SMILES string of the molecule is COCCCN(C)C(=O)C(F)(F)C(F)(F)F. The summed E-state index contributed by atoms with van der Waals surface area (Å²) in [5.74, 6) is -7.59. The summed E-state index contributed by atoms with van der Waals surface area (Å²) in [5, 5.41) is 0. The summed E-state index contributed by atoms with van der Waals surface area (Å²) in [4.78, 5) is 11.2. The van der Waals surface area contributed by atoms with Crippen molar-refractivity contribution >= 4 is 5.91 Å². The van der Waals surface area contributed by atoms with Crippen molar-refractivity contribution < 1.29 is 31.5 Å². The van der Waals surface area contributed by atoms with Crippen molar-refractivity contribution in [3.05, 3.63) is 0 Å². The number of nitrogens with zero attached hydrogens (tertiary/aromatic N) is 1. The van der Waals surface area contributed by atoms with Crippen LogP contribution >= 0.6 is 0 Å². The number of amides is 1. The van der Waals surface area contributed by atoms with Crippen LogP contribution in [0.4, 0.5) is 22.0 Å². The van der Waals surface area contributed by atoms with E-state index in [1.807, 2.05) is 0 Å². The Balaban J connectivity index is 4.43. The molecule has 0 radical (unpaired) electrons. The maximum absolute atomic E-state index is 12.5. The minimum Gasteiger partial charge on any atom is -0.385 e. The Morgan fingerprint density at radius 3 is 2.12 bits per heavy atom. The molecular weight excluding hydrogens is 237 g/mol. The lowest BCUT2D eigenvalue weighted by molar-refractivity contribution is -0.274. The van der Waals surface area contributed by atoms with Gasteiger partial charge in [-0.1, -0.05) is 0 Å². The number of hydrogen-bond donors (Lipinski definition) is 0. The predicted octanol–water partition coefficient (Wildman–Crippen LogP) is 1.68. The van der Waals surface area contributed by atoms with Gasteiger partial charge in [-0.15, -0.1) is 0 Å². The van der Waals surface area contributed by atoms with E-state index in [9.17, 15) is 26.7 Å². The number of carbonyl (C=O) groups is 1. The normalized spacial score (nSPS) is 12.7. The third-order valence-corrected chi connectivity index (χ3v) is 1.81. The lowest BCUT2D eigenvalue weighted by Gasteiger charge is -2.24. The average Bonchev–Trinajstić information content (AvgIpc) is 2.15. The third-order valence-electron chi connectivity index (χ3n) is 1.81. The van der Waals surface area contributed by atoms with Gasteiger partial charge in [0, 0.05) is 27.3 Å². The molecule has 0 saturated carbocycles. The van der Waals surface area contributed by atoms with E-state index < -0.39 is 18.0 Å². The highest BCUT2D eigenvalue weighted by molar-refractivity contribution is 5.84. The molecule has 0 rings (SSSR count). The van der Waals surface area contributed by atoms with Gasteiger partial charge in [0.15, 0.2) is 0 Å². The molecule has 0 spiro atoms. The van der Waals surface area contributed by atoms with Crippen LogP contribution < -0.4 is 0 Å². The highest BCUT2D eigenvalue weighted by atomic mass is 19.4. The topological polar surface area (TPSA) is 29.5 Å². The van der Waals surface area contributed by atoms with Crippen molar-refractivity contribution in [3.63, 3.8) is 0 Å². The van der Waals surface area contributed by atoms with Gasteiger partial charge >= 0.3 is 18.0 Å². The van der Waals surface area contributed by atoms with E-state index in [-0.39, 0.29) is 19.6 Å². The van der Waals surface area contributed by atoms with Crippen molar-refractivity contribution in [2.75, 3.05) is 27.3 Å². The Kier molecular flexibility index (Phi) is 5.11. The van der Waals surface area contributed by atoms with Gasteiger partial charge in [-0.3, -0.25) is 4.79 Å². The Morgan fingerprint density at radius 1 is 1.25 bits per heavy atom. The number of hydrogen-bond acceptors (Lipinski definition) is 2. The van der Waals surface area contributed by atoms with Gasteiger partial charge in [0.1, 0.15) is 0 Å². The molecule has 8 heteroatoms. The molecule has 0 aliphatic carbocycles. The largest absolute Gasteiger partial charge is 0.463 e. The quantitative estimate of drug-likeness (QED) is 0.548. The van der Waals surface area contributed by atoms with Crippen molar-refractivity contribution in [1.29, 1.82) is 0 Å². The summed E-state index contributed by atoms with van der Waals surface area (Å²) in [5.41, 5.74) is 0. The second kappa shape index (κ2) is 5.42. The fourth-order valence-electron chi connectivity index (χ4n) is 0.909. The lowest BCUT2D eigenvalue weighted by Crippen LogP contribution is -2.51. The highest BCUT2D eigenvalue weighted by Crippen LogP contribution is 2.36. The van der Waals surface area contributed by atoms with Crippen LogP contribution in [0.1, 0.15) is 6.42 Å². The molecule has 0 aliphatic rings. The Morgan fingerprint density at radius 2 is 1.75 bits per heavy atom. The molecule has 0 unspecified atom stereocenters. The van der Waals surface area contributed by atoms with Crippen molar-refractivity contribution in [3.8, 4) is 0 Å². The van der Waals surface area contributed by atoms with E-state index in [1.54, 1.807) is 0 Å². The Hall–Kier alpha value is -0.920. The predicted molar refractivity (Wildman–Crippen MR) is 45.1 cm³/mol. The van der Waals surface area contributed by atoms with Crippen molar-refractivity contribution in [2.45, 2.75) is 18.5 Å². The minimum atomic E-state index is -5.86. The monoisotopic (exact) mass is 249 g/mol. The van der Waals surface area contributed by atoms with E-state index in [0.717, 1.165) is 7.05 Å². The van der Waals surface area contributed by atoms with Crippen LogP contribution in [0.2, 0.25) is 0 Å². The third kappa shape index (κ3) is 3.58. The Labute approximate surface area is 89.2 Å². The molecule has 0 N–H and O–H groups in total. The maximum Gasteiger partial charge on any atom is 0.463 e.